The van der Waals surface area contributed by atoms with Gasteiger partial charge >= 0.3 is 11.9 Å². The highest BCUT2D eigenvalue weighted by atomic mass is 16.6. The molecular formula is C33H36N6O9. The molecule has 2 unspecified atom stereocenters. The van der Waals surface area contributed by atoms with Gasteiger partial charge in [-0.2, -0.15) is 0 Å². The number of methoxy groups -OCH3 is 3. The Hall–Kier alpha value is -6.06. The Labute approximate surface area is 273 Å². The number of nitro groups is 1. The summed E-state index contributed by atoms with van der Waals surface area (Å²) < 4.78 is 15.6. The number of benzene rings is 3. The molecule has 0 aliphatic rings. The molecule has 0 radical (unpaired) electrons. The molecule has 6 aromatic rings. The van der Waals surface area contributed by atoms with Crippen LogP contribution in [0, 0.1) is 10.1 Å². The third-order valence-electron chi connectivity index (χ3n) is 7.53. The second-order valence-electron chi connectivity index (χ2n) is 10.5. The number of fused-ring (bicyclic) bond motifs is 3. The molecule has 0 aliphatic heterocycles. The van der Waals surface area contributed by atoms with E-state index in [0.717, 1.165) is 38.9 Å². The number of aromatic amines is 3. The first kappa shape index (κ1) is 34.8. The number of ether oxygens (including phenoxy) is 3. The van der Waals surface area contributed by atoms with Crippen molar-refractivity contribution in [3.05, 3.63) is 94.4 Å². The van der Waals surface area contributed by atoms with Gasteiger partial charge in [0.25, 0.3) is 5.69 Å². The minimum absolute atomic E-state index is 0.0485. The number of non-ortho nitro benzene ring substituents is 1. The number of nitrogens with one attached hydrogen (secondary N) is 3. The van der Waals surface area contributed by atoms with Crippen LogP contribution in [0.3, 0.4) is 0 Å². The van der Waals surface area contributed by atoms with Crippen molar-refractivity contribution in [1.29, 1.82) is 0 Å². The molecule has 3 aromatic heterocycles. The predicted octanol–water partition coefficient (Wildman–Crippen LogP) is 4.35. The summed E-state index contributed by atoms with van der Waals surface area (Å²) in [5.41, 5.74) is 14.7. The van der Waals surface area contributed by atoms with E-state index in [1.807, 2.05) is 48.7 Å². The van der Waals surface area contributed by atoms with Crippen LogP contribution in [0.25, 0.3) is 32.7 Å². The van der Waals surface area contributed by atoms with Crippen molar-refractivity contribution < 1.29 is 38.9 Å². The van der Waals surface area contributed by atoms with Gasteiger partial charge in [0.15, 0.2) is 0 Å². The Morgan fingerprint density at radius 1 is 0.750 bits per heavy atom. The highest BCUT2D eigenvalue weighted by Gasteiger charge is 2.22. The Kier molecular flexibility index (Phi) is 11.2. The second-order valence-corrected chi connectivity index (χ2v) is 10.5. The first-order valence-corrected chi connectivity index (χ1v) is 14.5. The maximum absolute atomic E-state index is 11.0. The molecule has 0 bridgehead atoms. The minimum atomic E-state index is -1.14. The molecule has 0 saturated heterocycles. The summed E-state index contributed by atoms with van der Waals surface area (Å²) in [5, 5.41) is 31.2. The fraction of sp³-hybridized carbons (Fsp3) is 0.212. The van der Waals surface area contributed by atoms with E-state index in [1.165, 1.54) is 25.4 Å². The van der Waals surface area contributed by atoms with E-state index < -0.39 is 28.9 Å². The average molecular weight is 661 g/mol. The SMILES string of the molecule is COc1ccc([N+](=O)[O-])c2[nH]cc(CC(N)C(=O)O)c12.COc1cccc2[nH]cc(CC(N)C(=O)O)c12.COc1cccc2[nH]ccc12. The number of H-pyrrole nitrogens is 3. The molecule has 48 heavy (non-hydrogen) atoms. The Bertz CT molecular complexity index is 2050. The van der Waals surface area contributed by atoms with Crippen molar-refractivity contribution in [1.82, 2.24) is 15.0 Å². The number of nitrogens with two attached hydrogens (primary N) is 2. The Morgan fingerprint density at radius 3 is 1.88 bits per heavy atom. The molecule has 15 heteroatoms. The van der Waals surface area contributed by atoms with Gasteiger partial charge in [0, 0.05) is 59.3 Å². The van der Waals surface area contributed by atoms with Crippen LogP contribution in [-0.4, -0.2) is 75.4 Å². The monoisotopic (exact) mass is 660 g/mol. The number of aromatic nitrogens is 3. The van der Waals surface area contributed by atoms with Gasteiger partial charge in [-0.3, -0.25) is 19.7 Å². The van der Waals surface area contributed by atoms with E-state index in [1.54, 1.807) is 20.4 Å². The molecular weight excluding hydrogens is 624 g/mol. The maximum atomic E-state index is 11.0. The van der Waals surface area contributed by atoms with Gasteiger partial charge in [0.05, 0.1) is 31.6 Å². The van der Waals surface area contributed by atoms with E-state index in [9.17, 15) is 19.7 Å². The fourth-order valence-electron chi connectivity index (χ4n) is 5.19. The summed E-state index contributed by atoms with van der Waals surface area (Å²) in [6, 6.07) is 14.4. The van der Waals surface area contributed by atoms with Crippen LogP contribution in [0.15, 0.2) is 73.2 Å². The fourth-order valence-corrected chi connectivity index (χ4v) is 5.19. The largest absolute Gasteiger partial charge is 0.496 e. The lowest BCUT2D eigenvalue weighted by molar-refractivity contribution is -0.383. The molecule has 252 valence electrons. The summed E-state index contributed by atoms with van der Waals surface area (Å²) >= 11 is 0. The molecule has 0 saturated carbocycles. The quantitative estimate of drug-likeness (QED) is 0.0804. The van der Waals surface area contributed by atoms with E-state index in [-0.39, 0.29) is 18.5 Å². The van der Waals surface area contributed by atoms with Crippen LogP contribution in [0.2, 0.25) is 0 Å². The molecule has 6 rings (SSSR count). The molecule has 3 heterocycles. The number of carbonyl (C=O) groups is 2. The zero-order chi connectivity index (χ0) is 35.0. The van der Waals surface area contributed by atoms with Crippen molar-refractivity contribution in [3.8, 4) is 17.2 Å². The molecule has 15 nitrogen and oxygen atoms in total. The molecule has 0 spiro atoms. The van der Waals surface area contributed by atoms with E-state index >= 15 is 0 Å². The zero-order valence-corrected chi connectivity index (χ0v) is 26.4. The van der Waals surface area contributed by atoms with Crippen LogP contribution in [0.5, 0.6) is 17.2 Å². The summed E-state index contributed by atoms with van der Waals surface area (Å²) in [4.78, 5) is 41.0. The Balaban J connectivity index is 0.000000169. The molecule has 3 aromatic carbocycles. The van der Waals surface area contributed by atoms with Gasteiger partial charge in [-0.1, -0.05) is 12.1 Å². The first-order valence-electron chi connectivity index (χ1n) is 14.5. The number of carboxylic acids is 2. The average Bonchev–Trinajstić information content (AvgIpc) is 3.84. The summed E-state index contributed by atoms with van der Waals surface area (Å²) in [5.74, 6) is -0.0717. The number of hydrogen-bond donors (Lipinski definition) is 7. The third-order valence-corrected chi connectivity index (χ3v) is 7.53. The van der Waals surface area contributed by atoms with Gasteiger partial charge in [-0.15, -0.1) is 0 Å². The van der Waals surface area contributed by atoms with Gasteiger partial charge < -0.3 is 50.8 Å². The lowest BCUT2D eigenvalue weighted by atomic mass is 10.0. The van der Waals surface area contributed by atoms with Crippen molar-refractivity contribution in [2.45, 2.75) is 24.9 Å². The minimum Gasteiger partial charge on any atom is -0.496 e. The summed E-state index contributed by atoms with van der Waals surface area (Å²) in [6.07, 6.45) is 5.52. The van der Waals surface area contributed by atoms with Crippen molar-refractivity contribution >= 4 is 50.3 Å². The van der Waals surface area contributed by atoms with Crippen LogP contribution in [0.1, 0.15) is 11.1 Å². The molecule has 0 fully saturated rings. The summed E-state index contributed by atoms with van der Waals surface area (Å²) in [6.45, 7) is 0. The van der Waals surface area contributed by atoms with Gasteiger partial charge in [-0.25, -0.2) is 0 Å². The van der Waals surface area contributed by atoms with Crippen LogP contribution in [0.4, 0.5) is 5.69 Å². The maximum Gasteiger partial charge on any atom is 0.320 e. The lowest BCUT2D eigenvalue weighted by Crippen LogP contribution is -2.32. The topological polar surface area (TPSA) is 245 Å². The number of aliphatic carboxylic acids is 2. The van der Waals surface area contributed by atoms with Crippen molar-refractivity contribution in [2.24, 2.45) is 11.5 Å². The number of hydrogen-bond acceptors (Lipinski definition) is 9. The summed E-state index contributed by atoms with van der Waals surface area (Å²) in [7, 11) is 4.71. The molecule has 9 N–H and O–H groups in total. The highest BCUT2D eigenvalue weighted by molar-refractivity contribution is 5.96. The number of nitrogens with zero attached hydrogens (tertiary/aromatic N) is 1. The first-order chi connectivity index (χ1) is 23.0. The molecule has 0 amide bonds. The molecule has 0 aliphatic carbocycles. The van der Waals surface area contributed by atoms with Crippen molar-refractivity contribution in [3.63, 3.8) is 0 Å². The standard InChI is InChI=1S/C12H13N3O5.C12H14N2O3.C9H9NO/c1-20-9-3-2-8(15(18)19)11-10(9)6(5-14-11)4-7(13)12(16)17;1-17-10-4-2-3-9-11(10)7(6-14-9)5-8(13)12(15)16;1-11-9-4-2-3-8-7(9)5-6-10-8/h2-3,5,7,14H,4,13H2,1H3,(H,16,17);2-4,6,8,14H,5,13H2,1H3,(H,15,16);2-6,10H,1H3. The highest BCUT2D eigenvalue weighted by Crippen LogP contribution is 2.35. The number of carboxylic acid groups (broad SMARTS) is 2. The lowest BCUT2D eigenvalue weighted by Gasteiger charge is -2.07. The smallest absolute Gasteiger partial charge is 0.320 e. The van der Waals surface area contributed by atoms with Crippen molar-refractivity contribution in [2.75, 3.05) is 21.3 Å². The normalized spacial score (nSPS) is 11.9. The van der Waals surface area contributed by atoms with Gasteiger partial charge in [0.1, 0.15) is 34.8 Å². The second kappa shape index (κ2) is 15.5. The number of rotatable bonds is 10. The zero-order valence-electron chi connectivity index (χ0n) is 26.4. The number of nitro benzene ring substituents is 1. The van der Waals surface area contributed by atoms with E-state index in [2.05, 4.69) is 15.0 Å². The van der Waals surface area contributed by atoms with Gasteiger partial charge in [-0.05, 0) is 47.5 Å². The molecule has 2 atom stereocenters. The van der Waals surface area contributed by atoms with Gasteiger partial charge in [0.2, 0.25) is 0 Å². The van der Waals surface area contributed by atoms with Crippen LogP contribution >= 0.6 is 0 Å². The Morgan fingerprint density at radius 2 is 1.29 bits per heavy atom. The van der Waals surface area contributed by atoms with E-state index in [4.69, 9.17) is 35.9 Å². The van der Waals surface area contributed by atoms with Crippen LogP contribution in [-0.2, 0) is 22.4 Å². The third kappa shape index (κ3) is 7.66. The predicted molar refractivity (Wildman–Crippen MR) is 180 cm³/mol. The van der Waals surface area contributed by atoms with E-state index in [0.29, 0.717) is 22.2 Å². The van der Waals surface area contributed by atoms with Crippen LogP contribution < -0.4 is 25.7 Å².